The van der Waals surface area contributed by atoms with Gasteiger partial charge >= 0.3 is 6.03 Å². The second-order valence-corrected chi connectivity index (χ2v) is 5.70. The molecule has 2 unspecified atom stereocenters. The number of anilines is 1. The third-order valence-electron chi connectivity index (χ3n) is 3.99. The van der Waals surface area contributed by atoms with Gasteiger partial charge in [-0.25, -0.2) is 4.79 Å². The summed E-state index contributed by atoms with van der Waals surface area (Å²) >= 11 is 0. The average molecular weight is 292 g/mol. The maximum atomic E-state index is 11.9. The van der Waals surface area contributed by atoms with Crippen LogP contribution in [-0.4, -0.2) is 30.9 Å². The molecule has 1 saturated carbocycles. The first-order valence-electron chi connectivity index (χ1n) is 7.46. The lowest BCUT2D eigenvalue weighted by molar-refractivity contribution is 0.101. The molecule has 2 amide bonds. The van der Waals surface area contributed by atoms with E-state index in [2.05, 4.69) is 10.6 Å². The van der Waals surface area contributed by atoms with E-state index < -0.39 is 0 Å². The predicted molar refractivity (Wildman–Crippen MR) is 82.7 cm³/mol. The quantitative estimate of drug-likeness (QED) is 0.799. The lowest BCUT2D eigenvalue weighted by Crippen LogP contribution is -2.35. The van der Waals surface area contributed by atoms with Crippen molar-refractivity contribution in [2.24, 2.45) is 5.92 Å². The number of carbonyl (C=O) groups excluding carboxylic acids is 1. The van der Waals surface area contributed by atoms with Gasteiger partial charge in [-0.1, -0.05) is 6.42 Å². The molecule has 3 N–H and O–H groups in total. The summed E-state index contributed by atoms with van der Waals surface area (Å²) in [6, 6.07) is 5.33. The molecular weight excluding hydrogens is 268 g/mol. The molecule has 1 aromatic carbocycles. The predicted octanol–water partition coefficient (Wildman–Crippen LogP) is 2.68. The van der Waals surface area contributed by atoms with Gasteiger partial charge in [0.2, 0.25) is 0 Å². The van der Waals surface area contributed by atoms with Gasteiger partial charge in [0.15, 0.2) is 0 Å². The van der Waals surface area contributed by atoms with E-state index >= 15 is 0 Å². The third-order valence-corrected chi connectivity index (χ3v) is 3.99. The number of rotatable bonds is 4. The van der Waals surface area contributed by atoms with Gasteiger partial charge in [-0.05, 0) is 55.9 Å². The average Bonchev–Trinajstić information content (AvgIpc) is 2.47. The molecule has 5 nitrogen and oxygen atoms in total. The van der Waals surface area contributed by atoms with Crippen LogP contribution in [0.3, 0.4) is 0 Å². The van der Waals surface area contributed by atoms with Crippen molar-refractivity contribution in [1.29, 1.82) is 0 Å². The molecule has 21 heavy (non-hydrogen) atoms. The monoisotopic (exact) mass is 292 g/mol. The van der Waals surface area contributed by atoms with Gasteiger partial charge in [0.05, 0.1) is 13.2 Å². The first-order valence-corrected chi connectivity index (χ1v) is 7.46. The van der Waals surface area contributed by atoms with Crippen LogP contribution in [-0.2, 0) is 0 Å². The summed E-state index contributed by atoms with van der Waals surface area (Å²) < 4.78 is 5.14. The smallest absolute Gasteiger partial charge is 0.319 e. The number of amides is 2. The Morgan fingerprint density at radius 3 is 2.90 bits per heavy atom. The number of methoxy groups -OCH3 is 1. The molecule has 0 saturated heterocycles. The SMILES string of the molecule is COc1ccc(NC(=O)NCC2CCCC(O)C2)c(C)c1. The van der Waals surface area contributed by atoms with Crippen molar-refractivity contribution < 1.29 is 14.6 Å². The standard InChI is InChI=1S/C16H24N2O3/c1-11-8-14(21-2)6-7-15(11)18-16(20)17-10-12-4-3-5-13(19)9-12/h6-8,12-13,19H,3-5,9-10H2,1-2H3,(H2,17,18,20). The summed E-state index contributed by atoms with van der Waals surface area (Å²) in [6.45, 7) is 2.54. The molecule has 1 aliphatic rings. The molecular formula is C16H24N2O3. The number of benzene rings is 1. The highest BCUT2D eigenvalue weighted by Crippen LogP contribution is 2.24. The molecule has 116 valence electrons. The van der Waals surface area contributed by atoms with Crippen molar-refractivity contribution in [2.75, 3.05) is 19.0 Å². The summed E-state index contributed by atoms with van der Waals surface area (Å²) in [5.74, 6) is 1.14. The zero-order valence-corrected chi connectivity index (χ0v) is 12.7. The molecule has 1 aliphatic carbocycles. The van der Waals surface area contributed by atoms with E-state index in [0.29, 0.717) is 12.5 Å². The second-order valence-electron chi connectivity index (χ2n) is 5.70. The summed E-state index contributed by atoms with van der Waals surface area (Å²) in [7, 11) is 1.62. The van der Waals surface area contributed by atoms with Gasteiger partial charge in [-0.15, -0.1) is 0 Å². The zero-order valence-electron chi connectivity index (χ0n) is 12.7. The molecule has 2 atom stereocenters. The number of carbonyl (C=O) groups is 1. The van der Waals surface area contributed by atoms with Crippen LogP contribution < -0.4 is 15.4 Å². The van der Waals surface area contributed by atoms with Crippen molar-refractivity contribution in [3.8, 4) is 5.75 Å². The van der Waals surface area contributed by atoms with Crippen LogP contribution in [0.4, 0.5) is 10.5 Å². The Hall–Kier alpha value is -1.75. The number of aliphatic hydroxyl groups excluding tert-OH is 1. The summed E-state index contributed by atoms with van der Waals surface area (Å²) in [5, 5.41) is 15.4. The van der Waals surface area contributed by atoms with Crippen molar-refractivity contribution >= 4 is 11.7 Å². The van der Waals surface area contributed by atoms with Crippen LogP contribution in [0.1, 0.15) is 31.2 Å². The molecule has 0 heterocycles. The summed E-state index contributed by atoms with van der Waals surface area (Å²) in [6.07, 6.45) is 3.55. The van der Waals surface area contributed by atoms with Crippen LogP contribution in [0.5, 0.6) is 5.75 Å². The van der Waals surface area contributed by atoms with E-state index in [-0.39, 0.29) is 12.1 Å². The van der Waals surface area contributed by atoms with Crippen LogP contribution in [0, 0.1) is 12.8 Å². The number of hydrogen-bond acceptors (Lipinski definition) is 3. The van der Waals surface area contributed by atoms with Gasteiger partial charge in [0, 0.05) is 12.2 Å². The number of nitrogens with one attached hydrogen (secondary N) is 2. The lowest BCUT2D eigenvalue weighted by atomic mass is 9.87. The van der Waals surface area contributed by atoms with Gasteiger partial charge in [-0.3, -0.25) is 0 Å². The Morgan fingerprint density at radius 2 is 2.24 bits per heavy atom. The van der Waals surface area contributed by atoms with Crippen molar-refractivity contribution in [2.45, 2.75) is 38.7 Å². The van der Waals surface area contributed by atoms with E-state index in [1.807, 2.05) is 25.1 Å². The second kappa shape index (κ2) is 7.31. The van der Waals surface area contributed by atoms with Crippen molar-refractivity contribution in [3.05, 3.63) is 23.8 Å². The molecule has 0 radical (unpaired) electrons. The van der Waals surface area contributed by atoms with Crippen molar-refractivity contribution in [3.63, 3.8) is 0 Å². The highest BCUT2D eigenvalue weighted by Gasteiger charge is 2.20. The molecule has 1 fully saturated rings. The Bertz CT molecular complexity index is 490. The Balaban J connectivity index is 1.81. The number of aryl methyl sites for hydroxylation is 1. The van der Waals surface area contributed by atoms with Crippen molar-refractivity contribution in [1.82, 2.24) is 5.32 Å². The molecule has 1 aromatic rings. The molecule has 2 rings (SSSR count). The minimum Gasteiger partial charge on any atom is -0.497 e. The molecule has 0 aliphatic heterocycles. The van der Waals surface area contributed by atoms with Gasteiger partial charge in [-0.2, -0.15) is 0 Å². The minimum atomic E-state index is -0.211. The number of ether oxygens (including phenoxy) is 1. The fraction of sp³-hybridized carbons (Fsp3) is 0.562. The van der Waals surface area contributed by atoms with Crippen LogP contribution >= 0.6 is 0 Å². The molecule has 5 heteroatoms. The summed E-state index contributed by atoms with van der Waals surface area (Å²) in [5.41, 5.74) is 1.73. The largest absolute Gasteiger partial charge is 0.497 e. The Labute approximate surface area is 125 Å². The normalized spacial score (nSPS) is 21.7. The third kappa shape index (κ3) is 4.63. The highest BCUT2D eigenvalue weighted by atomic mass is 16.5. The molecule has 0 bridgehead atoms. The first-order chi connectivity index (χ1) is 10.1. The van der Waals surface area contributed by atoms with Crippen LogP contribution in [0.25, 0.3) is 0 Å². The maximum Gasteiger partial charge on any atom is 0.319 e. The van der Waals surface area contributed by atoms with Gasteiger partial charge < -0.3 is 20.5 Å². The highest BCUT2D eigenvalue weighted by molar-refractivity contribution is 5.90. The van der Waals surface area contributed by atoms with Crippen LogP contribution in [0.2, 0.25) is 0 Å². The van der Waals surface area contributed by atoms with Crippen LogP contribution in [0.15, 0.2) is 18.2 Å². The van der Waals surface area contributed by atoms with E-state index in [1.165, 1.54) is 0 Å². The van der Waals surface area contributed by atoms with E-state index in [9.17, 15) is 9.90 Å². The van der Waals surface area contributed by atoms with E-state index in [1.54, 1.807) is 7.11 Å². The first kappa shape index (κ1) is 15.6. The Morgan fingerprint density at radius 1 is 1.43 bits per heavy atom. The fourth-order valence-electron chi connectivity index (χ4n) is 2.75. The number of hydrogen-bond donors (Lipinski definition) is 3. The topological polar surface area (TPSA) is 70.6 Å². The Kier molecular flexibility index (Phi) is 5.44. The number of aliphatic hydroxyl groups is 1. The van der Waals surface area contributed by atoms with Gasteiger partial charge in [0.25, 0.3) is 0 Å². The zero-order chi connectivity index (χ0) is 15.2. The maximum absolute atomic E-state index is 11.9. The van der Waals surface area contributed by atoms with E-state index in [0.717, 1.165) is 42.7 Å². The molecule has 0 aromatic heterocycles. The van der Waals surface area contributed by atoms with Gasteiger partial charge in [0.1, 0.15) is 5.75 Å². The van der Waals surface area contributed by atoms with E-state index in [4.69, 9.17) is 4.74 Å². The lowest BCUT2D eigenvalue weighted by Gasteiger charge is -2.25. The minimum absolute atomic E-state index is 0.205. The number of urea groups is 1. The molecule has 0 spiro atoms. The fourth-order valence-corrected chi connectivity index (χ4v) is 2.75. The summed E-state index contributed by atoms with van der Waals surface area (Å²) in [4.78, 5) is 11.9.